The second-order valence-electron chi connectivity index (χ2n) is 7.47. The van der Waals surface area contributed by atoms with Gasteiger partial charge < -0.3 is 10.6 Å². The SMILES string of the molecule is O=C(CONC(=O)c1cc(Br)cc(Br)c1NC(=O)c1cc(Br)nn1-c1ncccc1Cl)Nc1ccccc1. The maximum absolute atomic E-state index is 13.3. The van der Waals surface area contributed by atoms with E-state index in [1.165, 1.54) is 23.0 Å². The number of anilines is 2. The third-order valence-electron chi connectivity index (χ3n) is 4.82. The van der Waals surface area contributed by atoms with Crippen LogP contribution in [0.2, 0.25) is 5.02 Å². The fraction of sp³-hybridized carbons (Fsp3) is 0.0417. The quantitative estimate of drug-likeness (QED) is 0.198. The number of carbonyl (C=O) groups is 3. The van der Waals surface area contributed by atoms with Gasteiger partial charge in [0.25, 0.3) is 17.7 Å². The zero-order chi connectivity index (χ0) is 27.2. The van der Waals surface area contributed by atoms with E-state index in [0.717, 1.165) is 0 Å². The normalized spacial score (nSPS) is 10.6. The largest absolute Gasteiger partial charge is 0.324 e. The fourth-order valence-electron chi connectivity index (χ4n) is 3.21. The Hall–Kier alpha value is -3.10. The van der Waals surface area contributed by atoms with Crippen LogP contribution in [0.15, 0.2) is 80.4 Å². The molecule has 38 heavy (non-hydrogen) atoms. The molecule has 4 rings (SSSR count). The molecule has 4 aromatic rings. The van der Waals surface area contributed by atoms with Gasteiger partial charge in [0.05, 0.1) is 16.3 Å². The molecule has 2 aromatic carbocycles. The Morgan fingerprint density at radius 3 is 2.45 bits per heavy atom. The standard InChI is InChI=1S/C24H16Br3ClN6O4/c25-13-9-15(23(36)33-38-12-20(35)30-14-5-2-1-3-6-14)21(16(26)10-13)31-24(37)18-11-19(27)32-34(18)22-17(28)7-4-8-29-22/h1-11H,12H2,(H,30,35)(H,31,37)(H,33,36). The summed E-state index contributed by atoms with van der Waals surface area (Å²) in [7, 11) is 0. The minimum Gasteiger partial charge on any atom is -0.324 e. The predicted molar refractivity (Wildman–Crippen MR) is 152 cm³/mol. The van der Waals surface area contributed by atoms with E-state index in [1.54, 1.807) is 42.5 Å². The molecule has 0 radical (unpaired) electrons. The summed E-state index contributed by atoms with van der Waals surface area (Å²) in [6, 6.07) is 16.7. The first kappa shape index (κ1) is 27.9. The molecule has 10 nitrogen and oxygen atoms in total. The fourth-order valence-corrected chi connectivity index (χ4v) is 5.11. The summed E-state index contributed by atoms with van der Waals surface area (Å²) in [6.45, 7) is -0.435. The molecule has 2 heterocycles. The first-order chi connectivity index (χ1) is 18.2. The van der Waals surface area contributed by atoms with Gasteiger partial charge in [-0.15, -0.1) is 0 Å². The van der Waals surface area contributed by atoms with Crippen LogP contribution in [-0.2, 0) is 9.63 Å². The zero-order valence-corrected chi connectivity index (χ0v) is 24.6. The minimum absolute atomic E-state index is 0.0593. The average Bonchev–Trinajstić information content (AvgIpc) is 3.27. The van der Waals surface area contributed by atoms with Gasteiger partial charge in [0, 0.05) is 26.9 Å². The number of hydroxylamine groups is 1. The topological polar surface area (TPSA) is 127 Å². The maximum Gasteiger partial charge on any atom is 0.277 e. The second kappa shape index (κ2) is 12.6. The van der Waals surface area contributed by atoms with E-state index in [1.807, 2.05) is 6.07 Å². The smallest absolute Gasteiger partial charge is 0.277 e. The number of amides is 3. The summed E-state index contributed by atoms with van der Waals surface area (Å²) >= 11 is 16.2. The first-order valence-corrected chi connectivity index (χ1v) is 13.4. The minimum atomic E-state index is -0.697. The Morgan fingerprint density at radius 2 is 1.71 bits per heavy atom. The van der Waals surface area contributed by atoms with Gasteiger partial charge in [0.15, 0.2) is 12.4 Å². The molecule has 0 aliphatic rings. The number of pyridine rings is 1. The maximum atomic E-state index is 13.3. The first-order valence-electron chi connectivity index (χ1n) is 10.7. The van der Waals surface area contributed by atoms with Crippen molar-refractivity contribution in [2.75, 3.05) is 17.2 Å². The molecule has 2 aromatic heterocycles. The van der Waals surface area contributed by atoms with Crippen molar-refractivity contribution in [1.82, 2.24) is 20.2 Å². The van der Waals surface area contributed by atoms with Crippen LogP contribution in [0.5, 0.6) is 0 Å². The summed E-state index contributed by atoms with van der Waals surface area (Å²) in [5, 5.41) is 9.91. The highest BCUT2D eigenvalue weighted by atomic mass is 79.9. The molecule has 0 atom stereocenters. The van der Waals surface area contributed by atoms with Gasteiger partial charge in [0.1, 0.15) is 10.3 Å². The lowest BCUT2D eigenvalue weighted by Gasteiger charge is -2.15. The van der Waals surface area contributed by atoms with Gasteiger partial charge >= 0.3 is 0 Å². The van der Waals surface area contributed by atoms with Crippen molar-refractivity contribution in [3.63, 3.8) is 0 Å². The molecule has 0 saturated carbocycles. The number of nitrogens with one attached hydrogen (secondary N) is 3. The van der Waals surface area contributed by atoms with E-state index < -0.39 is 24.3 Å². The molecule has 194 valence electrons. The third kappa shape index (κ3) is 6.85. The summed E-state index contributed by atoms with van der Waals surface area (Å²) in [5.74, 6) is -1.50. The van der Waals surface area contributed by atoms with Gasteiger partial charge in [-0.1, -0.05) is 45.7 Å². The van der Waals surface area contributed by atoms with E-state index >= 15 is 0 Å². The zero-order valence-electron chi connectivity index (χ0n) is 19.0. The lowest BCUT2D eigenvalue weighted by Crippen LogP contribution is -2.30. The van der Waals surface area contributed by atoms with Crippen molar-refractivity contribution >= 4 is 88.5 Å². The Balaban J connectivity index is 1.51. The number of rotatable bonds is 8. The number of para-hydroxylation sites is 1. The molecule has 0 aliphatic carbocycles. The molecular weight excluding hydrogens is 711 g/mol. The highest BCUT2D eigenvalue weighted by Crippen LogP contribution is 2.32. The van der Waals surface area contributed by atoms with Crippen LogP contribution in [0.4, 0.5) is 11.4 Å². The molecule has 0 spiro atoms. The molecule has 0 fully saturated rings. The summed E-state index contributed by atoms with van der Waals surface area (Å²) in [6.07, 6.45) is 1.52. The summed E-state index contributed by atoms with van der Waals surface area (Å²) in [5.41, 5.74) is 3.14. The Kier molecular flexibility index (Phi) is 9.28. The summed E-state index contributed by atoms with van der Waals surface area (Å²) in [4.78, 5) is 47.7. The number of carbonyl (C=O) groups excluding carboxylic acids is 3. The highest BCUT2D eigenvalue weighted by molar-refractivity contribution is 9.11. The highest BCUT2D eigenvalue weighted by Gasteiger charge is 2.23. The van der Waals surface area contributed by atoms with Crippen molar-refractivity contribution < 1.29 is 19.2 Å². The number of hydrogen-bond acceptors (Lipinski definition) is 6. The van der Waals surface area contributed by atoms with Crippen LogP contribution in [-0.4, -0.2) is 39.1 Å². The van der Waals surface area contributed by atoms with E-state index in [4.69, 9.17) is 16.4 Å². The predicted octanol–water partition coefficient (Wildman–Crippen LogP) is 5.76. The Labute approximate surface area is 246 Å². The molecule has 3 amide bonds. The molecule has 0 unspecified atom stereocenters. The molecule has 14 heteroatoms. The molecule has 0 saturated heterocycles. The van der Waals surface area contributed by atoms with Gasteiger partial charge in [0.2, 0.25) is 0 Å². The molecule has 0 aliphatic heterocycles. The van der Waals surface area contributed by atoms with Crippen molar-refractivity contribution in [3.05, 3.63) is 96.7 Å². The van der Waals surface area contributed by atoms with E-state index in [-0.39, 0.29) is 27.8 Å². The Morgan fingerprint density at radius 1 is 0.947 bits per heavy atom. The van der Waals surface area contributed by atoms with Gasteiger partial charge in [-0.2, -0.15) is 5.10 Å². The van der Waals surface area contributed by atoms with Gasteiger partial charge in [-0.3, -0.25) is 19.2 Å². The van der Waals surface area contributed by atoms with E-state index in [0.29, 0.717) is 19.2 Å². The average molecular weight is 728 g/mol. The van der Waals surface area contributed by atoms with Crippen LogP contribution in [0.25, 0.3) is 5.82 Å². The number of nitrogens with zero attached hydrogens (tertiary/aromatic N) is 3. The molecular formula is C24H16Br3ClN6O4. The number of halogens is 4. The Bertz CT molecular complexity index is 1520. The van der Waals surface area contributed by atoms with Crippen molar-refractivity contribution in [3.8, 4) is 5.82 Å². The van der Waals surface area contributed by atoms with Crippen LogP contribution in [0.1, 0.15) is 20.8 Å². The van der Waals surface area contributed by atoms with Crippen LogP contribution in [0, 0.1) is 0 Å². The number of hydrogen-bond donors (Lipinski definition) is 3. The van der Waals surface area contributed by atoms with E-state index in [9.17, 15) is 14.4 Å². The second-order valence-corrected chi connectivity index (χ2v) is 10.5. The number of benzene rings is 2. The van der Waals surface area contributed by atoms with Crippen LogP contribution in [0.3, 0.4) is 0 Å². The number of aromatic nitrogens is 3. The third-order valence-corrected chi connectivity index (χ3v) is 6.58. The van der Waals surface area contributed by atoms with Crippen LogP contribution < -0.4 is 16.1 Å². The lowest BCUT2D eigenvalue weighted by molar-refractivity contribution is -0.122. The van der Waals surface area contributed by atoms with Crippen molar-refractivity contribution in [1.29, 1.82) is 0 Å². The van der Waals surface area contributed by atoms with Crippen molar-refractivity contribution in [2.24, 2.45) is 0 Å². The molecule has 0 bridgehead atoms. The lowest BCUT2D eigenvalue weighted by atomic mass is 10.1. The van der Waals surface area contributed by atoms with Crippen molar-refractivity contribution in [2.45, 2.75) is 0 Å². The van der Waals surface area contributed by atoms with Gasteiger partial charge in [-0.25, -0.2) is 15.1 Å². The van der Waals surface area contributed by atoms with E-state index in [2.05, 4.69) is 74.0 Å². The monoisotopic (exact) mass is 724 g/mol. The molecule has 3 N–H and O–H groups in total. The van der Waals surface area contributed by atoms with Crippen LogP contribution >= 0.6 is 59.4 Å². The summed E-state index contributed by atoms with van der Waals surface area (Å²) < 4.78 is 2.62. The van der Waals surface area contributed by atoms with Gasteiger partial charge in [-0.05, 0) is 68.3 Å².